The molecule has 0 saturated carbocycles. The molecular formula is C14H9Cl2FN2OS. The monoisotopic (exact) mass is 342 g/mol. The highest BCUT2D eigenvalue weighted by atomic mass is 35.5. The summed E-state index contributed by atoms with van der Waals surface area (Å²) >= 11 is 16.8. The van der Waals surface area contributed by atoms with Crippen molar-refractivity contribution in [3.05, 3.63) is 63.9 Å². The Labute approximate surface area is 136 Å². The van der Waals surface area contributed by atoms with Crippen LogP contribution in [0.5, 0.6) is 0 Å². The van der Waals surface area contributed by atoms with Gasteiger partial charge in [0.2, 0.25) is 0 Å². The second-order valence-electron chi connectivity index (χ2n) is 4.04. The average molecular weight is 343 g/mol. The summed E-state index contributed by atoms with van der Waals surface area (Å²) in [6.07, 6.45) is 0. The highest BCUT2D eigenvalue weighted by Gasteiger charge is 2.09. The first-order valence-corrected chi connectivity index (χ1v) is 6.95. The van der Waals surface area contributed by atoms with Crippen molar-refractivity contribution in [1.29, 1.82) is 0 Å². The lowest BCUT2D eigenvalue weighted by atomic mass is 10.2. The van der Waals surface area contributed by atoms with Crippen molar-refractivity contribution in [2.45, 2.75) is 0 Å². The topological polar surface area (TPSA) is 41.1 Å². The molecule has 0 atom stereocenters. The van der Waals surface area contributed by atoms with Crippen molar-refractivity contribution in [2.75, 3.05) is 5.32 Å². The summed E-state index contributed by atoms with van der Waals surface area (Å²) in [6.45, 7) is 0. The van der Waals surface area contributed by atoms with E-state index in [0.717, 1.165) is 0 Å². The standard InChI is InChI=1S/C14H9Cl2FN2OS/c15-9-3-6-12(11(16)7-9)18-14(21)19-13(20)8-1-4-10(17)5-2-8/h1-7H,(H2,18,19,20,21). The quantitative estimate of drug-likeness (QED) is 0.801. The number of thiocarbonyl (C=S) groups is 1. The number of halogens is 3. The molecule has 1 amide bonds. The fourth-order valence-electron chi connectivity index (χ4n) is 1.52. The Balaban J connectivity index is 2.01. The fourth-order valence-corrected chi connectivity index (χ4v) is 2.18. The minimum atomic E-state index is -0.447. The molecule has 0 saturated heterocycles. The van der Waals surface area contributed by atoms with E-state index in [9.17, 15) is 9.18 Å². The maximum absolute atomic E-state index is 12.8. The van der Waals surface area contributed by atoms with Crippen LogP contribution in [0.4, 0.5) is 10.1 Å². The molecule has 0 spiro atoms. The molecule has 0 radical (unpaired) electrons. The number of hydrogen-bond donors (Lipinski definition) is 2. The third-order valence-corrected chi connectivity index (χ3v) is 3.26. The molecule has 0 heterocycles. The summed E-state index contributed by atoms with van der Waals surface area (Å²) in [5.41, 5.74) is 0.813. The second-order valence-corrected chi connectivity index (χ2v) is 5.29. The van der Waals surface area contributed by atoms with E-state index in [-0.39, 0.29) is 5.11 Å². The van der Waals surface area contributed by atoms with E-state index in [1.807, 2.05) is 0 Å². The van der Waals surface area contributed by atoms with Gasteiger partial charge in [0.15, 0.2) is 5.11 Å². The molecular weight excluding hydrogens is 334 g/mol. The van der Waals surface area contributed by atoms with Gasteiger partial charge in [-0.1, -0.05) is 23.2 Å². The Bertz CT molecular complexity index is 692. The zero-order chi connectivity index (χ0) is 15.4. The zero-order valence-electron chi connectivity index (χ0n) is 10.5. The molecule has 2 rings (SSSR count). The van der Waals surface area contributed by atoms with Crippen molar-refractivity contribution in [3.63, 3.8) is 0 Å². The fraction of sp³-hybridized carbons (Fsp3) is 0. The molecule has 0 bridgehead atoms. The van der Waals surface area contributed by atoms with E-state index in [1.165, 1.54) is 24.3 Å². The Morgan fingerprint density at radius 1 is 1.10 bits per heavy atom. The van der Waals surface area contributed by atoms with E-state index < -0.39 is 11.7 Å². The van der Waals surface area contributed by atoms with Gasteiger partial charge in [-0.25, -0.2) is 4.39 Å². The third-order valence-electron chi connectivity index (χ3n) is 2.51. The molecule has 21 heavy (non-hydrogen) atoms. The van der Waals surface area contributed by atoms with Crippen LogP contribution in [0.2, 0.25) is 10.0 Å². The normalized spacial score (nSPS) is 10.0. The number of anilines is 1. The Hall–Kier alpha value is -1.69. The lowest BCUT2D eigenvalue weighted by Gasteiger charge is -2.11. The summed E-state index contributed by atoms with van der Waals surface area (Å²) in [6, 6.07) is 9.95. The highest BCUT2D eigenvalue weighted by Crippen LogP contribution is 2.25. The van der Waals surface area contributed by atoms with Gasteiger partial charge in [0.1, 0.15) is 5.82 Å². The molecule has 0 aliphatic carbocycles. The lowest BCUT2D eigenvalue weighted by Crippen LogP contribution is -2.34. The van der Waals surface area contributed by atoms with Crippen LogP contribution in [0.1, 0.15) is 10.4 Å². The molecule has 2 N–H and O–H groups in total. The van der Waals surface area contributed by atoms with Gasteiger partial charge in [0, 0.05) is 10.6 Å². The van der Waals surface area contributed by atoms with Crippen molar-refractivity contribution in [3.8, 4) is 0 Å². The largest absolute Gasteiger partial charge is 0.331 e. The predicted molar refractivity (Wildman–Crippen MR) is 86.5 cm³/mol. The minimum Gasteiger partial charge on any atom is -0.331 e. The number of hydrogen-bond acceptors (Lipinski definition) is 2. The van der Waals surface area contributed by atoms with Crippen molar-refractivity contribution < 1.29 is 9.18 Å². The van der Waals surface area contributed by atoms with Crippen molar-refractivity contribution in [1.82, 2.24) is 5.32 Å². The van der Waals surface area contributed by atoms with Crippen LogP contribution in [0, 0.1) is 5.82 Å². The molecule has 2 aromatic carbocycles. The van der Waals surface area contributed by atoms with E-state index in [4.69, 9.17) is 35.4 Å². The van der Waals surface area contributed by atoms with Gasteiger partial charge in [0.05, 0.1) is 10.7 Å². The number of carbonyl (C=O) groups excluding carboxylic acids is 1. The SMILES string of the molecule is O=C(NC(=S)Nc1ccc(Cl)cc1Cl)c1ccc(F)cc1. The molecule has 0 aliphatic rings. The second kappa shape index (κ2) is 6.85. The maximum Gasteiger partial charge on any atom is 0.257 e. The first-order chi connectivity index (χ1) is 9.95. The highest BCUT2D eigenvalue weighted by molar-refractivity contribution is 7.80. The molecule has 0 unspecified atom stereocenters. The smallest absolute Gasteiger partial charge is 0.257 e. The third kappa shape index (κ3) is 4.39. The van der Waals surface area contributed by atoms with Crippen molar-refractivity contribution >= 4 is 52.1 Å². The van der Waals surface area contributed by atoms with Gasteiger partial charge >= 0.3 is 0 Å². The van der Waals surface area contributed by atoms with Crippen LogP contribution in [-0.2, 0) is 0 Å². The van der Waals surface area contributed by atoms with Crippen LogP contribution in [0.3, 0.4) is 0 Å². The summed E-state index contributed by atoms with van der Waals surface area (Å²) in [5, 5.41) is 6.20. The number of rotatable bonds is 2. The van der Waals surface area contributed by atoms with Gasteiger partial charge in [0.25, 0.3) is 5.91 Å². The predicted octanol–water partition coefficient (Wildman–Crippen LogP) is 4.26. The van der Waals surface area contributed by atoms with Crippen LogP contribution in [-0.4, -0.2) is 11.0 Å². The Kier molecular flexibility index (Phi) is 5.12. The minimum absolute atomic E-state index is 0.0774. The van der Waals surface area contributed by atoms with E-state index in [2.05, 4.69) is 10.6 Å². The van der Waals surface area contributed by atoms with Crippen LogP contribution >= 0.6 is 35.4 Å². The lowest BCUT2D eigenvalue weighted by molar-refractivity contribution is 0.0977. The van der Waals surface area contributed by atoms with Gasteiger partial charge in [-0.05, 0) is 54.7 Å². The van der Waals surface area contributed by atoms with Gasteiger partial charge in [-0.15, -0.1) is 0 Å². The van der Waals surface area contributed by atoms with Crippen molar-refractivity contribution in [2.24, 2.45) is 0 Å². The number of nitrogens with one attached hydrogen (secondary N) is 2. The molecule has 0 fully saturated rings. The molecule has 2 aromatic rings. The number of benzene rings is 2. The first kappa shape index (κ1) is 15.7. The maximum atomic E-state index is 12.8. The molecule has 7 heteroatoms. The summed E-state index contributed by atoms with van der Waals surface area (Å²) < 4.78 is 12.8. The van der Waals surface area contributed by atoms with E-state index >= 15 is 0 Å². The average Bonchev–Trinajstić information content (AvgIpc) is 2.42. The van der Waals surface area contributed by atoms with Gasteiger partial charge in [-0.2, -0.15) is 0 Å². The summed E-state index contributed by atoms with van der Waals surface area (Å²) in [5.74, 6) is -0.863. The van der Waals surface area contributed by atoms with E-state index in [1.54, 1.807) is 18.2 Å². The Morgan fingerprint density at radius 2 is 1.76 bits per heavy atom. The summed E-state index contributed by atoms with van der Waals surface area (Å²) in [7, 11) is 0. The molecule has 108 valence electrons. The number of carbonyl (C=O) groups is 1. The van der Waals surface area contributed by atoms with Crippen LogP contribution in [0.15, 0.2) is 42.5 Å². The van der Waals surface area contributed by atoms with Gasteiger partial charge in [-0.3, -0.25) is 10.1 Å². The van der Waals surface area contributed by atoms with Gasteiger partial charge < -0.3 is 5.32 Å². The molecule has 0 aromatic heterocycles. The summed E-state index contributed by atoms with van der Waals surface area (Å²) in [4.78, 5) is 11.9. The molecule has 0 aliphatic heterocycles. The first-order valence-electron chi connectivity index (χ1n) is 5.78. The Morgan fingerprint density at radius 3 is 2.38 bits per heavy atom. The van der Waals surface area contributed by atoms with Crippen LogP contribution < -0.4 is 10.6 Å². The van der Waals surface area contributed by atoms with Crippen LogP contribution in [0.25, 0.3) is 0 Å². The molecule has 3 nitrogen and oxygen atoms in total. The zero-order valence-corrected chi connectivity index (χ0v) is 12.8. The number of amides is 1. The van der Waals surface area contributed by atoms with E-state index in [0.29, 0.717) is 21.3 Å².